The normalized spacial score (nSPS) is 12.6. The molecule has 0 fully saturated rings. The third-order valence-corrected chi connectivity index (χ3v) is 4.22. The fourth-order valence-corrected chi connectivity index (χ4v) is 2.83. The Hall–Kier alpha value is -1.34. The first kappa shape index (κ1) is 16.0. The highest BCUT2D eigenvalue weighted by atomic mass is 32.1. The Morgan fingerprint density at radius 1 is 1.43 bits per heavy atom. The predicted octanol–water partition coefficient (Wildman–Crippen LogP) is 2.25. The van der Waals surface area contributed by atoms with Crippen LogP contribution in [0.15, 0.2) is 29.6 Å². The van der Waals surface area contributed by atoms with Gasteiger partial charge in [-0.15, -0.1) is 11.3 Å². The summed E-state index contributed by atoms with van der Waals surface area (Å²) in [7, 11) is 1.97. The molecular formula is C15H19N3OS2. The number of hydrogen-bond donors (Lipinski definition) is 2. The number of nitrogens with zero attached hydrogens (tertiary/aromatic N) is 2. The van der Waals surface area contributed by atoms with E-state index in [1.54, 1.807) is 11.3 Å². The Morgan fingerprint density at radius 3 is 2.62 bits per heavy atom. The molecule has 1 aromatic heterocycles. The van der Waals surface area contributed by atoms with Gasteiger partial charge in [-0.25, -0.2) is 4.98 Å². The molecule has 0 saturated carbocycles. The maximum Gasteiger partial charge on any atom is 0.103 e. The number of aromatic nitrogens is 1. The number of aryl methyl sites for hydroxylation is 1. The zero-order valence-electron chi connectivity index (χ0n) is 12.1. The molecule has 4 nitrogen and oxygen atoms in total. The quantitative estimate of drug-likeness (QED) is 0.799. The molecule has 0 saturated heterocycles. The summed E-state index contributed by atoms with van der Waals surface area (Å²) in [5.41, 5.74) is 8.27. The number of aliphatic hydroxyl groups excluding tert-OH is 1. The molecule has 1 heterocycles. The lowest BCUT2D eigenvalue weighted by Crippen LogP contribution is -2.24. The summed E-state index contributed by atoms with van der Waals surface area (Å²) >= 11 is 6.56. The fraction of sp³-hybridized carbons (Fsp3) is 0.333. The van der Waals surface area contributed by atoms with E-state index in [1.165, 1.54) is 0 Å². The van der Waals surface area contributed by atoms with Crippen molar-refractivity contribution < 1.29 is 5.11 Å². The third kappa shape index (κ3) is 4.57. The summed E-state index contributed by atoms with van der Waals surface area (Å²) in [6.45, 7) is 3.27. The van der Waals surface area contributed by atoms with Gasteiger partial charge >= 0.3 is 0 Å². The minimum atomic E-state index is -0.546. The van der Waals surface area contributed by atoms with Crippen molar-refractivity contribution in [3.05, 3.63) is 51.5 Å². The van der Waals surface area contributed by atoms with E-state index in [2.05, 4.69) is 15.3 Å². The lowest BCUT2D eigenvalue weighted by atomic mass is 10.1. The lowest BCUT2D eigenvalue weighted by molar-refractivity contribution is 0.123. The largest absolute Gasteiger partial charge is 0.389 e. The monoisotopic (exact) mass is 321 g/mol. The Kier molecular flexibility index (Phi) is 5.41. The average Bonchev–Trinajstić information content (AvgIpc) is 2.83. The van der Waals surface area contributed by atoms with Crippen LogP contribution in [0.1, 0.15) is 27.9 Å². The van der Waals surface area contributed by atoms with Crippen molar-refractivity contribution >= 4 is 28.5 Å². The summed E-state index contributed by atoms with van der Waals surface area (Å²) in [5, 5.41) is 13.4. The van der Waals surface area contributed by atoms with Gasteiger partial charge in [0.2, 0.25) is 0 Å². The number of aliphatic hydroxyl groups is 1. The first-order valence-electron chi connectivity index (χ1n) is 6.63. The third-order valence-electron chi connectivity index (χ3n) is 3.16. The van der Waals surface area contributed by atoms with Crippen LogP contribution in [-0.2, 0) is 6.54 Å². The SMILES string of the molecule is Cc1nc(CN(C)CC(O)c2ccc(C(N)=S)cc2)cs1. The Labute approximate surface area is 134 Å². The first-order chi connectivity index (χ1) is 9.95. The minimum Gasteiger partial charge on any atom is -0.389 e. The zero-order valence-corrected chi connectivity index (χ0v) is 13.7. The van der Waals surface area contributed by atoms with E-state index in [-0.39, 0.29) is 0 Å². The molecule has 0 aliphatic rings. The molecule has 0 bridgehead atoms. The highest BCUT2D eigenvalue weighted by Gasteiger charge is 2.12. The summed E-state index contributed by atoms with van der Waals surface area (Å²) in [5.74, 6) is 0. The number of likely N-dealkylation sites (N-methyl/N-ethyl adjacent to an activating group) is 1. The number of benzene rings is 1. The van der Waals surface area contributed by atoms with E-state index < -0.39 is 6.10 Å². The molecule has 3 N–H and O–H groups in total. The van der Waals surface area contributed by atoms with Crippen molar-refractivity contribution in [1.82, 2.24) is 9.88 Å². The Morgan fingerprint density at radius 2 is 2.10 bits per heavy atom. The number of nitrogens with two attached hydrogens (primary N) is 1. The average molecular weight is 321 g/mol. The van der Waals surface area contributed by atoms with E-state index in [0.717, 1.165) is 28.4 Å². The standard InChI is InChI=1S/C15H19N3OS2/c1-10-17-13(9-21-10)7-18(2)8-14(19)11-3-5-12(6-4-11)15(16)20/h3-6,9,14,19H,7-8H2,1-2H3,(H2,16,20). The van der Waals surface area contributed by atoms with Crippen molar-refractivity contribution in [2.24, 2.45) is 5.73 Å². The van der Waals surface area contributed by atoms with Crippen molar-refractivity contribution in [1.29, 1.82) is 0 Å². The Bertz CT molecular complexity index is 610. The Balaban J connectivity index is 1.93. The molecule has 1 aromatic carbocycles. The molecule has 21 heavy (non-hydrogen) atoms. The van der Waals surface area contributed by atoms with Crippen LogP contribution < -0.4 is 5.73 Å². The maximum absolute atomic E-state index is 10.3. The summed E-state index contributed by atoms with van der Waals surface area (Å²) in [4.78, 5) is 6.85. The van der Waals surface area contributed by atoms with Gasteiger partial charge in [0.25, 0.3) is 0 Å². The molecule has 6 heteroatoms. The molecule has 2 aromatic rings. The van der Waals surface area contributed by atoms with E-state index in [4.69, 9.17) is 18.0 Å². The maximum atomic E-state index is 10.3. The number of hydrogen-bond acceptors (Lipinski definition) is 5. The van der Waals surface area contributed by atoms with Crippen LogP contribution >= 0.6 is 23.6 Å². The molecule has 0 aliphatic carbocycles. The molecule has 0 aliphatic heterocycles. The van der Waals surface area contributed by atoms with Crippen LogP contribution in [0.2, 0.25) is 0 Å². The van der Waals surface area contributed by atoms with E-state index in [9.17, 15) is 5.11 Å². The van der Waals surface area contributed by atoms with E-state index >= 15 is 0 Å². The zero-order chi connectivity index (χ0) is 15.4. The van der Waals surface area contributed by atoms with Gasteiger partial charge < -0.3 is 10.8 Å². The second kappa shape index (κ2) is 7.09. The predicted molar refractivity (Wildman–Crippen MR) is 90.5 cm³/mol. The van der Waals surface area contributed by atoms with Crippen LogP contribution in [0.3, 0.4) is 0 Å². The molecule has 0 amide bonds. The minimum absolute atomic E-state index is 0.368. The molecule has 0 spiro atoms. The van der Waals surface area contributed by atoms with Gasteiger partial charge in [-0.3, -0.25) is 4.90 Å². The molecule has 1 atom stereocenters. The molecule has 1 unspecified atom stereocenters. The van der Waals surface area contributed by atoms with Gasteiger partial charge in [-0.1, -0.05) is 36.5 Å². The highest BCUT2D eigenvalue weighted by molar-refractivity contribution is 7.80. The second-order valence-corrected chi connectivity index (χ2v) is 6.56. The fourth-order valence-electron chi connectivity index (χ4n) is 2.09. The van der Waals surface area contributed by atoms with Crippen LogP contribution in [0.5, 0.6) is 0 Å². The van der Waals surface area contributed by atoms with Crippen molar-refractivity contribution in [3.63, 3.8) is 0 Å². The van der Waals surface area contributed by atoms with Gasteiger partial charge in [-0.2, -0.15) is 0 Å². The van der Waals surface area contributed by atoms with Gasteiger partial charge in [0, 0.05) is 24.0 Å². The summed E-state index contributed by atoms with van der Waals surface area (Å²) in [6, 6.07) is 7.40. The smallest absolute Gasteiger partial charge is 0.103 e. The van der Waals surface area contributed by atoms with E-state index in [0.29, 0.717) is 11.5 Å². The topological polar surface area (TPSA) is 62.4 Å². The molecule has 2 rings (SSSR count). The molecule has 0 radical (unpaired) electrons. The number of thiazole rings is 1. The van der Waals surface area contributed by atoms with Crippen molar-refractivity contribution in [2.75, 3.05) is 13.6 Å². The van der Waals surface area contributed by atoms with Gasteiger partial charge in [0.15, 0.2) is 0 Å². The second-order valence-electron chi connectivity index (χ2n) is 5.06. The van der Waals surface area contributed by atoms with Crippen LogP contribution in [0, 0.1) is 6.92 Å². The first-order valence-corrected chi connectivity index (χ1v) is 7.92. The van der Waals surface area contributed by atoms with Gasteiger partial charge in [0.1, 0.15) is 4.99 Å². The highest BCUT2D eigenvalue weighted by Crippen LogP contribution is 2.16. The van der Waals surface area contributed by atoms with Crippen LogP contribution in [-0.4, -0.2) is 33.6 Å². The summed E-state index contributed by atoms with van der Waals surface area (Å²) < 4.78 is 0. The summed E-state index contributed by atoms with van der Waals surface area (Å²) in [6.07, 6.45) is -0.546. The van der Waals surface area contributed by atoms with Crippen molar-refractivity contribution in [3.8, 4) is 0 Å². The lowest BCUT2D eigenvalue weighted by Gasteiger charge is -2.20. The van der Waals surface area contributed by atoms with Gasteiger partial charge in [0.05, 0.1) is 16.8 Å². The van der Waals surface area contributed by atoms with E-state index in [1.807, 2.05) is 38.2 Å². The number of thiocarbonyl (C=S) groups is 1. The van der Waals surface area contributed by atoms with Crippen molar-refractivity contribution in [2.45, 2.75) is 19.6 Å². The molecular weight excluding hydrogens is 302 g/mol. The number of rotatable bonds is 6. The van der Waals surface area contributed by atoms with Crippen LogP contribution in [0.4, 0.5) is 0 Å². The van der Waals surface area contributed by atoms with Crippen LogP contribution in [0.25, 0.3) is 0 Å². The molecule has 112 valence electrons. The van der Waals surface area contributed by atoms with Gasteiger partial charge in [-0.05, 0) is 19.5 Å².